The van der Waals surface area contributed by atoms with Crippen LogP contribution < -0.4 is 0 Å². The standard InChI is InChI=1S/C28H42O8/c1-10-15(5)12-22(30)34-21-13-20(14(3)4)25-23(17(21)7)28(35-26(31)16(6)11-2)36-27(32)24(25)18(8)33-19(9)29/h12,14,16,18,20-21,23-25,28H,7,10-11,13H2,1-6,8-9H3/b15-12+/t16?,18-,20-,21+,23-,24?,25-,28+/m0/s1. The van der Waals surface area contributed by atoms with Gasteiger partial charge in [0.2, 0.25) is 0 Å². The third kappa shape index (κ3) is 6.77. The van der Waals surface area contributed by atoms with E-state index >= 15 is 0 Å². The van der Waals surface area contributed by atoms with Gasteiger partial charge >= 0.3 is 23.9 Å². The Hall–Kier alpha value is -2.64. The molecule has 0 N–H and O–H groups in total. The van der Waals surface area contributed by atoms with E-state index in [9.17, 15) is 19.2 Å². The Morgan fingerprint density at radius 3 is 2.28 bits per heavy atom. The zero-order chi connectivity index (χ0) is 27.3. The largest absolute Gasteiger partial charge is 0.462 e. The fourth-order valence-electron chi connectivity index (χ4n) is 5.21. The van der Waals surface area contributed by atoms with E-state index in [1.54, 1.807) is 13.8 Å². The molecule has 2 fully saturated rings. The van der Waals surface area contributed by atoms with Gasteiger partial charge in [0, 0.05) is 13.0 Å². The average Bonchev–Trinajstić information content (AvgIpc) is 2.78. The van der Waals surface area contributed by atoms with E-state index in [0.29, 0.717) is 18.4 Å². The molecule has 2 rings (SSSR count). The molecule has 1 saturated heterocycles. The van der Waals surface area contributed by atoms with Crippen molar-refractivity contribution < 1.29 is 38.1 Å². The van der Waals surface area contributed by atoms with Crippen LogP contribution in [0, 0.1) is 35.5 Å². The van der Waals surface area contributed by atoms with Gasteiger partial charge in [-0.1, -0.05) is 46.8 Å². The van der Waals surface area contributed by atoms with Gasteiger partial charge in [-0.15, -0.1) is 0 Å². The molecule has 8 nitrogen and oxygen atoms in total. The van der Waals surface area contributed by atoms with Crippen molar-refractivity contribution in [3.8, 4) is 0 Å². The molecule has 1 heterocycles. The number of cyclic esters (lactones) is 1. The van der Waals surface area contributed by atoms with Crippen molar-refractivity contribution in [3.05, 3.63) is 23.8 Å². The third-order valence-electron chi connectivity index (χ3n) is 7.59. The van der Waals surface area contributed by atoms with Crippen LogP contribution >= 0.6 is 0 Å². The van der Waals surface area contributed by atoms with Gasteiger partial charge in [-0.05, 0) is 56.4 Å². The summed E-state index contributed by atoms with van der Waals surface area (Å²) in [5, 5.41) is 0. The zero-order valence-electron chi connectivity index (χ0n) is 22.9. The van der Waals surface area contributed by atoms with E-state index < -0.39 is 54.2 Å². The van der Waals surface area contributed by atoms with Crippen molar-refractivity contribution in [3.63, 3.8) is 0 Å². The van der Waals surface area contributed by atoms with Crippen molar-refractivity contribution in [2.75, 3.05) is 0 Å². The van der Waals surface area contributed by atoms with Crippen LogP contribution in [0.25, 0.3) is 0 Å². The van der Waals surface area contributed by atoms with Crippen molar-refractivity contribution in [1.82, 2.24) is 0 Å². The van der Waals surface area contributed by atoms with Gasteiger partial charge in [0.05, 0.1) is 17.8 Å². The predicted octanol–water partition coefficient (Wildman–Crippen LogP) is 4.76. The van der Waals surface area contributed by atoms with E-state index in [0.717, 1.165) is 12.0 Å². The van der Waals surface area contributed by atoms with Crippen LogP contribution in [0.15, 0.2) is 23.8 Å². The molecule has 0 aromatic rings. The minimum absolute atomic E-state index is 0.0866. The first-order valence-electron chi connectivity index (χ1n) is 13.0. The Bertz CT molecular complexity index is 888. The van der Waals surface area contributed by atoms with Crippen molar-refractivity contribution in [2.24, 2.45) is 35.5 Å². The quantitative estimate of drug-likeness (QED) is 0.191. The molecular formula is C28H42O8. The third-order valence-corrected chi connectivity index (χ3v) is 7.59. The van der Waals surface area contributed by atoms with Gasteiger partial charge in [0.25, 0.3) is 6.29 Å². The van der Waals surface area contributed by atoms with Crippen molar-refractivity contribution >= 4 is 23.9 Å². The lowest BCUT2D eigenvalue weighted by atomic mass is 9.58. The predicted molar refractivity (Wildman–Crippen MR) is 133 cm³/mol. The van der Waals surface area contributed by atoms with Crippen LogP contribution in [0.3, 0.4) is 0 Å². The van der Waals surface area contributed by atoms with E-state index in [1.807, 2.05) is 34.6 Å². The molecular weight excluding hydrogens is 464 g/mol. The number of allylic oxidation sites excluding steroid dienone is 1. The fraction of sp³-hybridized carbons (Fsp3) is 0.714. The SMILES string of the molecule is C=C1[C@@H]2[C@H](OC(=O)C(C)CC)OC(=O)C([C@H](C)OC(C)=O)[C@H]2[C@H](C(C)C)C[C@H]1OC(=O)/C=C(\C)CC. The highest BCUT2D eigenvalue weighted by atomic mass is 16.7. The highest BCUT2D eigenvalue weighted by Crippen LogP contribution is 2.52. The van der Waals surface area contributed by atoms with Crippen LogP contribution in [0.4, 0.5) is 0 Å². The Kier molecular flexibility index (Phi) is 10.3. The van der Waals surface area contributed by atoms with Gasteiger partial charge in [0.15, 0.2) is 0 Å². The topological polar surface area (TPSA) is 105 Å². The minimum atomic E-state index is -1.20. The molecule has 2 unspecified atom stereocenters. The van der Waals surface area contributed by atoms with Crippen LogP contribution in [0.2, 0.25) is 0 Å². The van der Waals surface area contributed by atoms with Crippen molar-refractivity contribution in [2.45, 2.75) is 93.2 Å². The van der Waals surface area contributed by atoms with E-state index in [-0.39, 0.29) is 23.7 Å². The molecule has 1 aliphatic carbocycles. The number of rotatable bonds is 9. The number of carbonyl (C=O) groups is 4. The molecule has 1 aliphatic heterocycles. The van der Waals surface area contributed by atoms with Crippen LogP contribution in [0.5, 0.6) is 0 Å². The maximum atomic E-state index is 13.3. The van der Waals surface area contributed by atoms with Gasteiger partial charge in [0.1, 0.15) is 12.2 Å². The Morgan fingerprint density at radius 1 is 1.11 bits per heavy atom. The van der Waals surface area contributed by atoms with Crippen LogP contribution in [0.1, 0.15) is 74.7 Å². The summed E-state index contributed by atoms with van der Waals surface area (Å²) >= 11 is 0. The molecule has 0 spiro atoms. The molecule has 0 amide bonds. The molecule has 202 valence electrons. The molecule has 0 aromatic carbocycles. The maximum absolute atomic E-state index is 13.3. The second-order valence-electron chi connectivity index (χ2n) is 10.5. The van der Waals surface area contributed by atoms with Gasteiger partial charge in [-0.25, -0.2) is 4.79 Å². The number of esters is 4. The van der Waals surface area contributed by atoms with Crippen LogP contribution in [-0.4, -0.2) is 42.4 Å². The minimum Gasteiger partial charge on any atom is -0.462 e. The summed E-state index contributed by atoms with van der Waals surface area (Å²) in [4.78, 5) is 50.3. The smallest absolute Gasteiger partial charge is 0.331 e. The number of hydrogen-bond donors (Lipinski definition) is 0. The first kappa shape index (κ1) is 29.6. The van der Waals surface area contributed by atoms with E-state index in [2.05, 4.69) is 6.58 Å². The fourth-order valence-corrected chi connectivity index (χ4v) is 5.21. The number of hydrogen-bond acceptors (Lipinski definition) is 8. The zero-order valence-corrected chi connectivity index (χ0v) is 22.9. The normalized spacial score (nSPS) is 30.1. The maximum Gasteiger partial charge on any atom is 0.331 e. The summed E-state index contributed by atoms with van der Waals surface area (Å²) < 4.78 is 22.7. The molecule has 0 bridgehead atoms. The highest BCUT2D eigenvalue weighted by Gasteiger charge is 2.58. The van der Waals surface area contributed by atoms with Gasteiger partial charge in [-0.2, -0.15) is 0 Å². The molecule has 1 saturated carbocycles. The second kappa shape index (κ2) is 12.5. The summed E-state index contributed by atoms with van der Waals surface area (Å²) in [7, 11) is 0. The molecule has 0 aromatic heterocycles. The number of fused-ring (bicyclic) bond motifs is 1. The first-order valence-corrected chi connectivity index (χ1v) is 13.0. The van der Waals surface area contributed by atoms with E-state index in [4.69, 9.17) is 18.9 Å². The lowest BCUT2D eigenvalue weighted by Gasteiger charge is -2.52. The number of ether oxygens (including phenoxy) is 4. The summed E-state index contributed by atoms with van der Waals surface area (Å²) in [5.41, 5.74) is 1.42. The summed E-state index contributed by atoms with van der Waals surface area (Å²) in [6.07, 6.45) is 0.614. The summed E-state index contributed by atoms with van der Waals surface area (Å²) in [6, 6.07) is 0. The highest BCUT2D eigenvalue weighted by molar-refractivity contribution is 5.83. The molecule has 36 heavy (non-hydrogen) atoms. The Balaban J connectivity index is 2.52. The average molecular weight is 507 g/mol. The van der Waals surface area contributed by atoms with E-state index in [1.165, 1.54) is 13.0 Å². The molecule has 8 heteroatoms. The molecule has 8 atom stereocenters. The van der Waals surface area contributed by atoms with Crippen LogP contribution in [-0.2, 0) is 38.1 Å². The Morgan fingerprint density at radius 2 is 1.75 bits per heavy atom. The second-order valence-corrected chi connectivity index (χ2v) is 10.5. The Labute approximate surface area is 214 Å². The van der Waals surface area contributed by atoms with Gasteiger partial charge in [-0.3, -0.25) is 14.4 Å². The molecule has 2 aliphatic rings. The number of carbonyl (C=O) groups excluding carboxylic acids is 4. The molecule has 0 radical (unpaired) electrons. The van der Waals surface area contributed by atoms with Gasteiger partial charge < -0.3 is 18.9 Å². The van der Waals surface area contributed by atoms with Crippen molar-refractivity contribution in [1.29, 1.82) is 0 Å². The summed E-state index contributed by atoms with van der Waals surface area (Å²) in [5.74, 6) is -4.21. The monoisotopic (exact) mass is 506 g/mol. The lowest BCUT2D eigenvalue weighted by molar-refractivity contribution is -0.236. The lowest BCUT2D eigenvalue weighted by Crippen LogP contribution is -2.58. The summed E-state index contributed by atoms with van der Waals surface area (Å²) in [6.45, 7) is 18.7. The first-order chi connectivity index (χ1) is 16.8.